The maximum Gasteiger partial charge on any atom is 0.335 e. The van der Waals surface area contributed by atoms with Gasteiger partial charge in [-0.05, 0) is 36.2 Å². The van der Waals surface area contributed by atoms with E-state index in [1.807, 2.05) is 0 Å². The number of aromatic carboxylic acids is 1. The van der Waals surface area contributed by atoms with Crippen LogP contribution in [-0.4, -0.2) is 15.3 Å². The minimum atomic E-state index is -1.50. The number of carbonyl (C=O) groups is 1. The molecule has 2 rings (SSSR count). The third-order valence-corrected chi connectivity index (χ3v) is 4.80. The Labute approximate surface area is 128 Å². The molecule has 0 bridgehead atoms. The summed E-state index contributed by atoms with van der Waals surface area (Å²) in [5, 5.41) is 9.01. The van der Waals surface area contributed by atoms with Crippen molar-refractivity contribution in [3.05, 3.63) is 63.9 Å². The summed E-state index contributed by atoms with van der Waals surface area (Å²) in [6, 6.07) is 8.89. The summed E-state index contributed by atoms with van der Waals surface area (Å²) in [6.45, 7) is 1.67. The van der Waals surface area contributed by atoms with Gasteiger partial charge in [-0.15, -0.1) is 0 Å². The Balaban J connectivity index is 2.31. The number of benzene rings is 2. The highest BCUT2D eigenvalue weighted by Gasteiger charge is 2.14. The highest BCUT2D eigenvalue weighted by molar-refractivity contribution is 7.84. The summed E-state index contributed by atoms with van der Waals surface area (Å²) in [4.78, 5) is 11.5. The minimum Gasteiger partial charge on any atom is -0.478 e. The molecule has 1 unspecified atom stereocenters. The first-order chi connectivity index (χ1) is 9.90. The predicted molar refractivity (Wildman–Crippen MR) is 79.7 cm³/mol. The Morgan fingerprint density at radius 1 is 1.33 bits per heavy atom. The molecule has 0 aliphatic carbocycles. The van der Waals surface area contributed by atoms with E-state index in [9.17, 15) is 13.4 Å². The maximum absolute atomic E-state index is 13.3. The second-order valence-electron chi connectivity index (χ2n) is 4.48. The molecule has 0 saturated heterocycles. The lowest BCUT2D eigenvalue weighted by atomic mass is 10.1. The molecule has 0 radical (unpaired) electrons. The molecule has 0 amide bonds. The Morgan fingerprint density at radius 3 is 2.71 bits per heavy atom. The van der Waals surface area contributed by atoms with Crippen molar-refractivity contribution in [2.45, 2.75) is 17.6 Å². The first kappa shape index (κ1) is 15.7. The van der Waals surface area contributed by atoms with Gasteiger partial charge in [0.15, 0.2) is 0 Å². The molecule has 1 N–H and O–H groups in total. The second-order valence-corrected chi connectivity index (χ2v) is 6.31. The highest BCUT2D eigenvalue weighted by Crippen LogP contribution is 2.23. The van der Waals surface area contributed by atoms with Gasteiger partial charge in [0.1, 0.15) is 5.82 Å². The molecule has 0 heterocycles. The molecular formula is C15H12ClFO3S. The molecule has 110 valence electrons. The third-order valence-electron chi connectivity index (χ3n) is 3.02. The minimum absolute atomic E-state index is 0.0265. The van der Waals surface area contributed by atoms with E-state index >= 15 is 0 Å². The van der Waals surface area contributed by atoms with E-state index in [0.29, 0.717) is 16.0 Å². The monoisotopic (exact) mass is 326 g/mol. The SMILES string of the molecule is Cc1ccc(S(=O)Cc2cccc(F)c2Cl)cc1C(=O)O. The largest absolute Gasteiger partial charge is 0.478 e. The zero-order valence-electron chi connectivity index (χ0n) is 11.1. The van der Waals surface area contributed by atoms with Gasteiger partial charge in [-0.25, -0.2) is 9.18 Å². The van der Waals surface area contributed by atoms with Gasteiger partial charge in [0.05, 0.1) is 27.1 Å². The van der Waals surface area contributed by atoms with E-state index in [4.69, 9.17) is 16.7 Å². The van der Waals surface area contributed by atoms with Crippen molar-refractivity contribution in [1.82, 2.24) is 0 Å². The summed E-state index contributed by atoms with van der Waals surface area (Å²) in [7, 11) is -1.50. The average Bonchev–Trinajstić information content (AvgIpc) is 2.44. The number of hydrogen-bond acceptors (Lipinski definition) is 2. The first-order valence-electron chi connectivity index (χ1n) is 6.05. The molecule has 3 nitrogen and oxygen atoms in total. The van der Waals surface area contributed by atoms with E-state index in [2.05, 4.69) is 0 Å². The Hall–Kier alpha value is -1.72. The molecule has 0 aliphatic heterocycles. The summed E-state index contributed by atoms with van der Waals surface area (Å²) >= 11 is 5.83. The highest BCUT2D eigenvalue weighted by atomic mass is 35.5. The Kier molecular flexibility index (Phi) is 4.75. The van der Waals surface area contributed by atoms with Gasteiger partial charge >= 0.3 is 5.97 Å². The van der Waals surface area contributed by atoms with Crippen LogP contribution in [0, 0.1) is 12.7 Å². The van der Waals surface area contributed by atoms with Crippen LogP contribution < -0.4 is 0 Å². The van der Waals surface area contributed by atoms with Crippen LogP contribution in [0.3, 0.4) is 0 Å². The van der Waals surface area contributed by atoms with Gasteiger partial charge in [0, 0.05) is 4.90 Å². The van der Waals surface area contributed by atoms with Gasteiger partial charge in [0.2, 0.25) is 0 Å². The van der Waals surface area contributed by atoms with Crippen molar-refractivity contribution >= 4 is 28.4 Å². The lowest BCUT2D eigenvalue weighted by Crippen LogP contribution is -2.03. The van der Waals surface area contributed by atoms with Crippen LogP contribution in [0.2, 0.25) is 5.02 Å². The molecule has 0 spiro atoms. The van der Waals surface area contributed by atoms with E-state index in [1.165, 1.54) is 18.2 Å². The number of hydrogen-bond donors (Lipinski definition) is 1. The fourth-order valence-corrected chi connectivity index (χ4v) is 3.29. The summed E-state index contributed by atoms with van der Waals surface area (Å²) in [5.41, 5.74) is 1.12. The van der Waals surface area contributed by atoms with Crippen molar-refractivity contribution in [2.75, 3.05) is 0 Å². The topological polar surface area (TPSA) is 54.4 Å². The summed E-state index contributed by atoms with van der Waals surface area (Å²) < 4.78 is 25.6. The van der Waals surface area contributed by atoms with Crippen molar-refractivity contribution < 1.29 is 18.5 Å². The molecule has 21 heavy (non-hydrogen) atoms. The van der Waals surface area contributed by atoms with E-state index < -0.39 is 22.6 Å². The summed E-state index contributed by atoms with van der Waals surface area (Å²) in [5.74, 6) is -1.62. The van der Waals surface area contributed by atoms with Crippen molar-refractivity contribution in [1.29, 1.82) is 0 Å². The standard InChI is InChI=1S/C15H12ClFO3S/c1-9-5-6-11(7-12(9)15(18)19)21(20)8-10-3-2-4-13(17)14(10)16/h2-7H,8H2,1H3,(H,18,19). The first-order valence-corrected chi connectivity index (χ1v) is 7.75. The molecule has 0 aromatic heterocycles. The lowest BCUT2D eigenvalue weighted by molar-refractivity contribution is 0.0696. The van der Waals surface area contributed by atoms with Crippen LogP contribution in [0.4, 0.5) is 4.39 Å². The fraction of sp³-hybridized carbons (Fsp3) is 0.133. The molecule has 2 aromatic carbocycles. The Morgan fingerprint density at radius 2 is 2.05 bits per heavy atom. The zero-order valence-corrected chi connectivity index (χ0v) is 12.7. The zero-order chi connectivity index (χ0) is 15.6. The van der Waals surface area contributed by atoms with Crippen LogP contribution in [0.1, 0.15) is 21.5 Å². The number of aryl methyl sites for hydroxylation is 1. The molecule has 1 atom stereocenters. The Bertz CT molecular complexity index is 731. The average molecular weight is 327 g/mol. The fourth-order valence-electron chi connectivity index (χ4n) is 1.86. The van der Waals surface area contributed by atoms with Crippen LogP contribution >= 0.6 is 11.6 Å². The van der Waals surface area contributed by atoms with Crippen LogP contribution in [0.25, 0.3) is 0 Å². The smallest absolute Gasteiger partial charge is 0.335 e. The van der Waals surface area contributed by atoms with Gasteiger partial charge in [-0.3, -0.25) is 4.21 Å². The van der Waals surface area contributed by atoms with E-state index in [1.54, 1.807) is 25.1 Å². The molecule has 6 heteroatoms. The normalized spacial score (nSPS) is 12.1. The van der Waals surface area contributed by atoms with E-state index in [-0.39, 0.29) is 16.3 Å². The lowest BCUT2D eigenvalue weighted by Gasteiger charge is -2.07. The quantitative estimate of drug-likeness (QED) is 0.930. The van der Waals surface area contributed by atoms with Gasteiger partial charge in [-0.2, -0.15) is 0 Å². The van der Waals surface area contributed by atoms with Crippen molar-refractivity contribution in [3.63, 3.8) is 0 Å². The molecule has 0 aliphatic rings. The molecular weight excluding hydrogens is 315 g/mol. The van der Waals surface area contributed by atoms with Crippen molar-refractivity contribution in [3.8, 4) is 0 Å². The predicted octanol–water partition coefficient (Wildman–Crippen LogP) is 3.79. The third kappa shape index (κ3) is 3.49. The summed E-state index contributed by atoms with van der Waals surface area (Å²) in [6.07, 6.45) is 0. The molecule has 0 saturated carbocycles. The number of rotatable bonds is 4. The van der Waals surface area contributed by atoms with Crippen LogP contribution in [0.15, 0.2) is 41.3 Å². The molecule has 2 aromatic rings. The van der Waals surface area contributed by atoms with E-state index in [0.717, 1.165) is 0 Å². The maximum atomic E-state index is 13.3. The number of carboxylic acids is 1. The number of carboxylic acid groups (broad SMARTS) is 1. The van der Waals surface area contributed by atoms with Crippen LogP contribution in [0.5, 0.6) is 0 Å². The van der Waals surface area contributed by atoms with Gasteiger partial charge in [0.25, 0.3) is 0 Å². The number of halogens is 2. The van der Waals surface area contributed by atoms with Crippen LogP contribution in [-0.2, 0) is 16.6 Å². The second kappa shape index (κ2) is 6.37. The van der Waals surface area contributed by atoms with Crippen molar-refractivity contribution in [2.24, 2.45) is 0 Å². The molecule has 0 fully saturated rings. The van der Waals surface area contributed by atoms with Gasteiger partial charge < -0.3 is 5.11 Å². The van der Waals surface area contributed by atoms with Gasteiger partial charge in [-0.1, -0.05) is 29.8 Å².